The van der Waals surface area contributed by atoms with Crippen LogP contribution in [0.4, 0.5) is 0 Å². The second-order valence-corrected chi connectivity index (χ2v) is 3.18. The van der Waals surface area contributed by atoms with Gasteiger partial charge in [0.25, 0.3) is 0 Å². The van der Waals surface area contributed by atoms with E-state index >= 15 is 0 Å². The van der Waals surface area contributed by atoms with E-state index < -0.39 is 0 Å². The molecule has 0 unspecified atom stereocenters. The standard InChI is InChI=1S/C10H17NO3/c1-2-13-10(12)8-14-9-6-4-3-5-7-11-9/h2-8H2,1H3. The van der Waals surface area contributed by atoms with Crippen molar-refractivity contribution in [3.8, 4) is 0 Å². The third-order valence-corrected chi connectivity index (χ3v) is 2.00. The number of carbonyl (C=O) groups is 1. The van der Waals surface area contributed by atoms with Crippen LogP contribution in [0.2, 0.25) is 0 Å². The number of esters is 1. The average Bonchev–Trinajstić information content (AvgIpc) is 2.43. The molecule has 0 aromatic heterocycles. The number of aliphatic imine (C=N–C) groups is 1. The molecule has 14 heavy (non-hydrogen) atoms. The van der Waals surface area contributed by atoms with Crippen LogP contribution in [0.15, 0.2) is 4.99 Å². The molecule has 0 fully saturated rings. The van der Waals surface area contributed by atoms with Gasteiger partial charge in [-0.2, -0.15) is 0 Å². The Kier molecular flexibility index (Phi) is 5.04. The molecule has 1 aliphatic heterocycles. The maximum Gasteiger partial charge on any atom is 0.344 e. The summed E-state index contributed by atoms with van der Waals surface area (Å²) in [5.74, 6) is 0.384. The van der Waals surface area contributed by atoms with E-state index in [-0.39, 0.29) is 12.6 Å². The maximum absolute atomic E-state index is 11.0. The lowest BCUT2D eigenvalue weighted by Crippen LogP contribution is -2.16. The quantitative estimate of drug-likeness (QED) is 0.648. The number of rotatable bonds is 3. The van der Waals surface area contributed by atoms with Crippen LogP contribution in [0.1, 0.15) is 32.6 Å². The summed E-state index contributed by atoms with van der Waals surface area (Å²) < 4.78 is 10.00. The second kappa shape index (κ2) is 6.40. The van der Waals surface area contributed by atoms with Crippen LogP contribution in [0, 0.1) is 0 Å². The second-order valence-electron chi connectivity index (χ2n) is 3.18. The zero-order valence-electron chi connectivity index (χ0n) is 8.62. The smallest absolute Gasteiger partial charge is 0.344 e. The molecular weight excluding hydrogens is 182 g/mol. The minimum Gasteiger partial charge on any atom is -0.469 e. The predicted octanol–water partition coefficient (Wildman–Crippen LogP) is 1.54. The Morgan fingerprint density at radius 1 is 1.43 bits per heavy atom. The number of carbonyl (C=O) groups excluding carboxylic acids is 1. The van der Waals surface area contributed by atoms with Crippen molar-refractivity contribution in [2.24, 2.45) is 4.99 Å². The third-order valence-electron chi connectivity index (χ3n) is 2.00. The largest absolute Gasteiger partial charge is 0.469 e. The highest BCUT2D eigenvalue weighted by molar-refractivity contribution is 5.80. The molecule has 0 saturated heterocycles. The molecule has 0 amide bonds. The van der Waals surface area contributed by atoms with Crippen molar-refractivity contribution >= 4 is 11.9 Å². The Hall–Kier alpha value is -1.06. The minimum atomic E-state index is -0.320. The molecule has 0 radical (unpaired) electrons. The van der Waals surface area contributed by atoms with Crippen molar-refractivity contribution in [3.63, 3.8) is 0 Å². The molecule has 0 atom stereocenters. The van der Waals surface area contributed by atoms with Crippen molar-refractivity contribution in [1.29, 1.82) is 0 Å². The molecule has 80 valence electrons. The molecular formula is C10H17NO3. The van der Waals surface area contributed by atoms with Gasteiger partial charge in [-0.3, -0.25) is 4.99 Å². The van der Waals surface area contributed by atoms with Gasteiger partial charge in [-0.15, -0.1) is 0 Å². The fourth-order valence-electron chi connectivity index (χ4n) is 1.31. The number of hydrogen-bond acceptors (Lipinski definition) is 4. The summed E-state index contributed by atoms with van der Waals surface area (Å²) in [5, 5.41) is 0. The third kappa shape index (κ3) is 4.25. The normalized spacial score (nSPS) is 16.8. The Morgan fingerprint density at radius 3 is 3.07 bits per heavy atom. The van der Waals surface area contributed by atoms with Gasteiger partial charge in [-0.1, -0.05) is 6.42 Å². The van der Waals surface area contributed by atoms with Gasteiger partial charge in [0.2, 0.25) is 0 Å². The van der Waals surface area contributed by atoms with Gasteiger partial charge in [0, 0.05) is 13.0 Å². The van der Waals surface area contributed by atoms with Crippen LogP contribution in [0.5, 0.6) is 0 Å². The van der Waals surface area contributed by atoms with E-state index in [2.05, 4.69) is 4.99 Å². The molecule has 1 heterocycles. The molecule has 0 aromatic rings. The highest BCUT2D eigenvalue weighted by atomic mass is 16.6. The number of ether oxygens (including phenoxy) is 2. The minimum absolute atomic E-state index is 0.00727. The molecule has 0 bridgehead atoms. The Balaban J connectivity index is 2.22. The van der Waals surface area contributed by atoms with Crippen molar-refractivity contribution in [2.75, 3.05) is 19.8 Å². The Morgan fingerprint density at radius 2 is 2.29 bits per heavy atom. The van der Waals surface area contributed by atoms with Gasteiger partial charge in [0.05, 0.1) is 6.61 Å². The van der Waals surface area contributed by atoms with Gasteiger partial charge in [-0.05, 0) is 19.8 Å². The maximum atomic E-state index is 11.0. The van der Waals surface area contributed by atoms with Crippen LogP contribution in [-0.2, 0) is 14.3 Å². The number of hydrogen-bond donors (Lipinski definition) is 0. The molecule has 0 saturated carbocycles. The summed E-state index contributed by atoms with van der Waals surface area (Å²) in [7, 11) is 0. The molecule has 4 heteroatoms. The van der Waals surface area contributed by atoms with E-state index in [9.17, 15) is 4.79 Å². The molecule has 0 spiro atoms. The average molecular weight is 199 g/mol. The van der Waals surface area contributed by atoms with Gasteiger partial charge in [-0.25, -0.2) is 4.79 Å². The van der Waals surface area contributed by atoms with E-state index in [1.165, 1.54) is 6.42 Å². The monoisotopic (exact) mass is 199 g/mol. The molecule has 1 aliphatic rings. The first-order valence-corrected chi connectivity index (χ1v) is 5.14. The summed E-state index contributed by atoms with van der Waals surface area (Å²) in [6.45, 7) is 2.99. The lowest BCUT2D eigenvalue weighted by Gasteiger charge is -2.06. The zero-order valence-corrected chi connectivity index (χ0v) is 8.62. The summed E-state index contributed by atoms with van der Waals surface area (Å²) >= 11 is 0. The Labute approximate surface area is 84.3 Å². The highest BCUT2D eigenvalue weighted by Crippen LogP contribution is 2.08. The van der Waals surface area contributed by atoms with Gasteiger partial charge < -0.3 is 9.47 Å². The van der Waals surface area contributed by atoms with Crippen LogP contribution in [0.25, 0.3) is 0 Å². The first kappa shape index (κ1) is 11.0. The summed E-state index contributed by atoms with van der Waals surface area (Å²) in [6, 6.07) is 0. The molecule has 0 N–H and O–H groups in total. The van der Waals surface area contributed by atoms with Crippen molar-refractivity contribution < 1.29 is 14.3 Å². The van der Waals surface area contributed by atoms with Crippen molar-refractivity contribution in [3.05, 3.63) is 0 Å². The first-order chi connectivity index (χ1) is 6.83. The van der Waals surface area contributed by atoms with Crippen molar-refractivity contribution in [2.45, 2.75) is 32.6 Å². The fourth-order valence-corrected chi connectivity index (χ4v) is 1.31. The van der Waals surface area contributed by atoms with Crippen molar-refractivity contribution in [1.82, 2.24) is 0 Å². The van der Waals surface area contributed by atoms with Crippen LogP contribution >= 0.6 is 0 Å². The molecule has 4 nitrogen and oxygen atoms in total. The van der Waals surface area contributed by atoms with Gasteiger partial charge in [0.1, 0.15) is 0 Å². The Bertz CT molecular complexity index is 213. The predicted molar refractivity (Wildman–Crippen MR) is 53.4 cm³/mol. The van der Waals surface area contributed by atoms with E-state index in [1.807, 2.05) is 0 Å². The zero-order chi connectivity index (χ0) is 10.2. The molecule has 1 rings (SSSR count). The SMILES string of the molecule is CCOC(=O)COC1=NCCCCC1. The molecule has 0 aliphatic carbocycles. The summed E-state index contributed by atoms with van der Waals surface area (Å²) in [4.78, 5) is 15.2. The topological polar surface area (TPSA) is 47.9 Å². The van der Waals surface area contributed by atoms with Crippen LogP contribution in [0.3, 0.4) is 0 Å². The van der Waals surface area contributed by atoms with Gasteiger partial charge >= 0.3 is 5.97 Å². The van der Waals surface area contributed by atoms with Gasteiger partial charge in [0.15, 0.2) is 12.5 Å². The van der Waals surface area contributed by atoms with E-state index in [1.54, 1.807) is 6.92 Å². The number of nitrogens with zero attached hydrogens (tertiary/aromatic N) is 1. The van der Waals surface area contributed by atoms with Crippen LogP contribution in [-0.4, -0.2) is 31.6 Å². The van der Waals surface area contributed by atoms with E-state index in [4.69, 9.17) is 9.47 Å². The fraction of sp³-hybridized carbons (Fsp3) is 0.800. The summed E-state index contributed by atoms with van der Waals surface area (Å²) in [6.07, 6.45) is 4.25. The van der Waals surface area contributed by atoms with E-state index in [0.29, 0.717) is 12.5 Å². The first-order valence-electron chi connectivity index (χ1n) is 5.14. The summed E-state index contributed by atoms with van der Waals surface area (Å²) in [5.41, 5.74) is 0. The lowest BCUT2D eigenvalue weighted by molar-refractivity contribution is -0.145. The van der Waals surface area contributed by atoms with E-state index in [0.717, 1.165) is 25.8 Å². The highest BCUT2D eigenvalue weighted by Gasteiger charge is 2.08. The lowest BCUT2D eigenvalue weighted by atomic mass is 10.2. The molecule has 0 aromatic carbocycles. The van der Waals surface area contributed by atoms with Crippen LogP contribution < -0.4 is 0 Å².